The van der Waals surface area contributed by atoms with Gasteiger partial charge in [-0.15, -0.1) is 0 Å². The van der Waals surface area contributed by atoms with Gasteiger partial charge in [0.25, 0.3) is 5.56 Å². The van der Waals surface area contributed by atoms with Crippen LogP contribution in [0.1, 0.15) is 63.6 Å². The maximum Gasteiger partial charge on any atom is 0.267 e. The largest absolute Gasteiger partial charge is 0.341 e. The number of aromatic nitrogens is 4. The molecule has 1 aliphatic carbocycles. The van der Waals surface area contributed by atoms with Crippen molar-refractivity contribution < 1.29 is 4.79 Å². The van der Waals surface area contributed by atoms with Crippen molar-refractivity contribution in [3.63, 3.8) is 0 Å². The summed E-state index contributed by atoms with van der Waals surface area (Å²) in [5, 5.41) is 4.64. The SMILES string of the molecule is C[C@@H]1CCC[C@H](C)N1C(=O)Cn1nc2c(cc1=O)CCc1nc(N3CCCCC3)ncc1-2. The molecule has 2 fully saturated rings. The number of likely N-dealkylation sites (tertiary alicyclic amines) is 1. The lowest BCUT2D eigenvalue weighted by Gasteiger charge is -2.39. The molecule has 0 bridgehead atoms. The lowest BCUT2D eigenvalue weighted by molar-refractivity contribution is -0.138. The fourth-order valence-electron chi connectivity index (χ4n) is 5.47. The van der Waals surface area contributed by atoms with Crippen LogP contribution in [0.25, 0.3) is 11.3 Å². The van der Waals surface area contributed by atoms with E-state index in [2.05, 4.69) is 28.8 Å². The Labute approximate surface area is 188 Å². The van der Waals surface area contributed by atoms with Gasteiger partial charge in [-0.2, -0.15) is 5.10 Å². The lowest BCUT2D eigenvalue weighted by Crippen LogP contribution is -2.49. The zero-order chi connectivity index (χ0) is 22.2. The number of rotatable bonds is 3. The van der Waals surface area contributed by atoms with Gasteiger partial charge in [0.1, 0.15) is 6.54 Å². The van der Waals surface area contributed by atoms with Crippen molar-refractivity contribution in [1.29, 1.82) is 0 Å². The molecule has 8 heteroatoms. The van der Waals surface area contributed by atoms with Crippen LogP contribution < -0.4 is 10.5 Å². The van der Waals surface area contributed by atoms with Gasteiger partial charge in [0, 0.05) is 43.0 Å². The average Bonchev–Trinajstić information content (AvgIpc) is 2.79. The van der Waals surface area contributed by atoms with Crippen LogP contribution >= 0.6 is 0 Å². The van der Waals surface area contributed by atoms with E-state index in [1.165, 1.54) is 23.9 Å². The first-order chi connectivity index (χ1) is 15.5. The number of anilines is 1. The summed E-state index contributed by atoms with van der Waals surface area (Å²) in [5.74, 6) is 0.760. The van der Waals surface area contributed by atoms with E-state index in [0.717, 1.165) is 73.7 Å². The van der Waals surface area contributed by atoms with E-state index in [1.807, 2.05) is 11.1 Å². The molecule has 4 heterocycles. The minimum atomic E-state index is -0.219. The van der Waals surface area contributed by atoms with Crippen molar-refractivity contribution in [1.82, 2.24) is 24.6 Å². The third kappa shape index (κ3) is 3.91. The molecule has 3 aliphatic rings. The highest BCUT2D eigenvalue weighted by Gasteiger charge is 2.30. The zero-order valence-corrected chi connectivity index (χ0v) is 19.1. The number of amides is 1. The van der Waals surface area contributed by atoms with Gasteiger partial charge in [-0.25, -0.2) is 14.6 Å². The Hall–Kier alpha value is -2.77. The van der Waals surface area contributed by atoms with Gasteiger partial charge in [-0.05, 0) is 70.8 Å². The molecule has 2 aromatic heterocycles. The highest BCUT2D eigenvalue weighted by molar-refractivity contribution is 5.77. The number of hydrogen-bond donors (Lipinski definition) is 0. The Morgan fingerprint density at radius 2 is 1.81 bits per heavy atom. The standard InChI is InChI=1S/C24H32N6O2/c1-16-7-6-8-17(2)30(16)22(32)15-29-21(31)13-18-9-10-20-19(23(18)27-29)14-25-24(26-20)28-11-4-3-5-12-28/h13-14,16-17H,3-12,15H2,1-2H3/t16-,17+. The molecule has 1 amide bonds. The molecule has 8 nitrogen and oxygen atoms in total. The number of carbonyl (C=O) groups is 1. The average molecular weight is 437 g/mol. The molecule has 0 aromatic carbocycles. The molecule has 2 aromatic rings. The third-order valence-corrected chi connectivity index (χ3v) is 7.22. The molecule has 0 N–H and O–H groups in total. The predicted octanol–water partition coefficient (Wildman–Crippen LogP) is 2.58. The van der Waals surface area contributed by atoms with Crippen LogP contribution in [0.4, 0.5) is 5.95 Å². The Morgan fingerprint density at radius 3 is 2.56 bits per heavy atom. The minimum absolute atomic E-state index is 0.0250. The van der Waals surface area contributed by atoms with Gasteiger partial charge >= 0.3 is 0 Å². The van der Waals surface area contributed by atoms with Gasteiger partial charge < -0.3 is 9.80 Å². The first-order valence-electron chi connectivity index (χ1n) is 12.0. The van der Waals surface area contributed by atoms with E-state index < -0.39 is 0 Å². The number of piperidine rings is 2. The summed E-state index contributed by atoms with van der Waals surface area (Å²) in [5.41, 5.74) is 3.30. The molecular weight excluding hydrogens is 404 g/mol. The van der Waals surface area contributed by atoms with Crippen LogP contribution in [0.3, 0.4) is 0 Å². The van der Waals surface area contributed by atoms with Crippen molar-refractivity contribution in [3.8, 4) is 11.3 Å². The summed E-state index contributed by atoms with van der Waals surface area (Å²) in [6.45, 7) is 6.16. The minimum Gasteiger partial charge on any atom is -0.341 e. The Bertz CT molecular complexity index is 1060. The summed E-state index contributed by atoms with van der Waals surface area (Å²) < 4.78 is 1.32. The Morgan fingerprint density at radius 1 is 1.06 bits per heavy atom. The molecule has 0 spiro atoms. The van der Waals surface area contributed by atoms with Gasteiger partial charge in [0.05, 0.1) is 11.4 Å². The summed E-state index contributed by atoms with van der Waals surface area (Å²) >= 11 is 0. The predicted molar refractivity (Wildman–Crippen MR) is 123 cm³/mol. The molecule has 170 valence electrons. The van der Waals surface area contributed by atoms with E-state index in [9.17, 15) is 9.59 Å². The second kappa shape index (κ2) is 8.64. The number of carbonyl (C=O) groups excluding carboxylic acids is 1. The molecule has 0 saturated carbocycles. The van der Waals surface area contributed by atoms with Crippen LogP contribution in [0, 0.1) is 0 Å². The van der Waals surface area contributed by atoms with Crippen LogP contribution in [0.15, 0.2) is 17.1 Å². The van der Waals surface area contributed by atoms with Crippen LogP contribution in [-0.4, -0.2) is 55.7 Å². The van der Waals surface area contributed by atoms with Gasteiger partial charge in [0.15, 0.2) is 0 Å². The third-order valence-electron chi connectivity index (χ3n) is 7.22. The first kappa shape index (κ1) is 21.1. The summed E-state index contributed by atoms with van der Waals surface area (Å²) in [4.78, 5) is 39.5. The lowest BCUT2D eigenvalue weighted by atomic mass is 9.94. The van der Waals surface area contributed by atoms with E-state index >= 15 is 0 Å². The summed E-state index contributed by atoms with van der Waals surface area (Å²) in [6.07, 6.45) is 10.1. The van der Waals surface area contributed by atoms with E-state index in [4.69, 9.17) is 4.98 Å². The van der Waals surface area contributed by atoms with E-state index in [0.29, 0.717) is 0 Å². The number of aryl methyl sites for hydroxylation is 2. The Balaban J connectivity index is 1.43. The number of fused-ring (bicyclic) bond motifs is 3. The van der Waals surface area contributed by atoms with E-state index in [1.54, 1.807) is 6.07 Å². The van der Waals surface area contributed by atoms with Crippen molar-refractivity contribution in [3.05, 3.63) is 33.9 Å². The Kier molecular flexibility index (Phi) is 5.69. The smallest absolute Gasteiger partial charge is 0.267 e. The van der Waals surface area contributed by atoms with Gasteiger partial charge in [0.2, 0.25) is 11.9 Å². The monoisotopic (exact) mass is 436 g/mol. The topological polar surface area (TPSA) is 84.2 Å². The molecule has 5 rings (SSSR count). The fourth-order valence-corrected chi connectivity index (χ4v) is 5.47. The second-order valence-electron chi connectivity index (χ2n) is 9.52. The highest BCUT2D eigenvalue weighted by Crippen LogP contribution is 2.31. The van der Waals surface area contributed by atoms with Crippen molar-refractivity contribution in [2.45, 2.75) is 83.8 Å². The number of nitrogens with zero attached hydrogens (tertiary/aromatic N) is 6. The molecule has 32 heavy (non-hydrogen) atoms. The highest BCUT2D eigenvalue weighted by atomic mass is 16.2. The number of hydrogen-bond acceptors (Lipinski definition) is 6. The van der Waals surface area contributed by atoms with Crippen molar-refractivity contribution in [2.75, 3.05) is 18.0 Å². The molecule has 0 radical (unpaired) electrons. The summed E-state index contributed by atoms with van der Waals surface area (Å²) in [7, 11) is 0. The van der Waals surface area contributed by atoms with Crippen LogP contribution in [0.5, 0.6) is 0 Å². The molecule has 2 aliphatic heterocycles. The second-order valence-corrected chi connectivity index (χ2v) is 9.52. The zero-order valence-electron chi connectivity index (χ0n) is 19.1. The normalized spacial score (nSPS) is 22.9. The molecular formula is C24H32N6O2. The van der Waals surface area contributed by atoms with Crippen LogP contribution in [0.2, 0.25) is 0 Å². The molecule has 0 unspecified atom stereocenters. The van der Waals surface area contributed by atoms with Crippen LogP contribution in [-0.2, 0) is 24.2 Å². The molecule has 2 saturated heterocycles. The first-order valence-corrected chi connectivity index (χ1v) is 12.0. The van der Waals surface area contributed by atoms with Gasteiger partial charge in [-0.1, -0.05) is 0 Å². The van der Waals surface area contributed by atoms with Gasteiger partial charge in [-0.3, -0.25) is 9.59 Å². The fraction of sp³-hybridized carbons (Fsp3) is 0.625. The summed E-state index contributed by atoms with van der Waals surface area (Å²) in [6, 6.07) is 2.03. The quantitative estimate of drug-likeness (QED) is 0.735. The maximum absolute atomic E-state index is 13.1. The van der Waals surface area contributed by atoms with Crippen molar-refractivity contribution in [2.24, 2.45) is 0 Å². The van der Waals surface area contributed by atoms with Crippen molar-refractivity contribution >= 4 is 11.9 Å². The molecule has 2 atom stereocenters. The maximum atomic E-state index is 13.1. The van der Waals surface area contributed by atoms with E-state index in [-0.39, 0.29) is 30.1 Å².